The third kappa shape index (κ3) is 3.28. The minimum Gasteiger partial charge on any atom is -0.337 e. The van der Waals surface area contributed by atoms with E-state index in [2.05, 4.69) is 19.1 Å². The third-order valence-corrected chi connectivity index (χ3v) is 3.96. The minimum atomic E-state index is -0.585. The molecule has 2 N–H and O–H groups in total. The molecule has 3 nitrogen and oxygen atoms in total. The fourth-order valence-electron chi connectivity index (χ4n) is 2.41. The molecule has 106 valence electrons. The molecule has 1 saturated carbocycles. The normalized spacial score (nSPS) is 16.2. The molecule has 0 atom stereocenters. The molecule has 2 rings (SSSR count). The van der Waals surface area contributed by atoms with Crippen LogP contribution >= 0.6 is 12.4 Å². The van der Waals surface area contributed by atoms with Crippen LogP contribution in [0.2, 0.25) is 0 Å². The predicted octanol–water partition coefficient (Wildman–Crippen LogP) is 2.65. The molecule has 0 heterocycles. The molecule has 1 aromatic rings. The molecule has 0 radical (unpaired) electrons. The van der Waals surface area contributed by atoms with Crippen LogP contribution in [0.25, 0.3) is 0 Å². The van der Waals surface area contributed by atoms with Crippen molar-refractivity contribution in [2.45, 2.75) is 45.2 Å². The van der Waals surface area contributed by atoms with Crippen molar-refractivity contribution in [3.05, 3.63) is 35.4 Å². The molecule has 4 heteroatoms. The molecule has 1 aliphatic carbocycles. The second kappa shape index (κ2) is 6.40. The van der Waals surface area contributed by atoms with E-state index in [0.717, 1.165) is 19.3 Å². The largest absolute Gasteiger partial charge is 0.337 e. The van der Waals surface area contributed by atoms with Gasteiger partial charge < -0.3 is 10.6 Å². The number of nitrogens with two attached hydrogens (primary N) is 1. The summed E-state index contributed by atoms with van der Waals surface area (Å²) in [5.41, 5.74) is 7.97. The van der Waals surface area contributed by atoms with Gasteiger partial charge in [0.1, 0.15) is 0 Å². The molecule has 19 heavy (non-hydrogen) atoms. The van der Waals surface area contributed by atoms with Gasteiger partial charge in [-0.05, 0) is 44.2 Å². The molecule has 1 aromatic carbocycles. The van der Waals surface area contributed by atoms with Crippen molar-refractivity contribution < 1.29 is 4.79 Å². The number of aryl methyl sites for hydroxylation is 1. The summed E-state index contributed by atoms with van der Waals surface area (Å²) in [7, 11) is 0. The van der Waals surface area contributed by atoms with E-state index >= 15 is 0 Å². The van der Waals surface area contributed by atoms with E-state index in [1.165, 1.54) is 11.1 Å². The average molecular weight is 283 g/mol. The van der Waals surface area contributed by atoms with E-state index in [9.17, 15) is 4.79 Å². The van der Waals surface area contributed by atoms with Gasteiger partial charge in [-0.1, -0.05) is 24.3 Å². The SMILES string of the molecule is CCN(Cc1ccccc1C)C(=O)C1(N)CCC1.Cl. The van der Waals surface area contributed by atoms with Crippen LogP contribution < -0.4 is 5.73 Å². The second-order valence-corrected chi connectivity index (χ2v) is 5.26. The van der Waals surface area contributed by atoms with E-state index in [1.54, 1.807) is 0 Å². The molecular formula is C15H23ClN2O. The number of amides is 1. The molecule has 0 saturated heterocycles. The second-order valence-electron chi connectivity index (χ2n) is 5.26. The van der Waals surface area contributed by atoms with Crippen LogP contribution in [0.3, 0.4) is 0 Å². The Balaban J connectivity index is 0.00000180. The van der Waals surface area contributed by atoms with Crippen LogP contribution in [0.5, 0.6) is 0 Å². The van der Waals surface area contributed by atoms with Crippen LogP contribution in [0.1, 0.15) is 37.3 Å². The zero-order chi connectivity index (χ0) is 13.2. The fraction of sp³-hybridized carbons (Fsp3) is 0.533. The van der Waals surface area contributed by atoms with Crippen molar-refractivity contribution in [3.63, 3.8) is 0 Å². The summed E-state index contributed by atoms with van der Waals surface area (Å²) in [5.74, 6) is 0.111. The van der Waals surface area contributed by atoms with Gasteiger partial charge in [0.15, 0.2) is 0 Å². The number of halogens is 1. The topological polar surface area (TPSA) is 46.3 Å². The quantitative estimate of drug-likeness (QED) is 0.923. The Morgan fingerprint density at radius 1 is 1.37 bits per heavy atom. The van der Waals surface area contributed by atoms with Gasteiger partial charge in [0.2, 0.25) is 5.91 Å². The summed E-state index contributed by atoms with van der Waals surface area (Å²) < 4.78 is 0. The maximum atomic E-state index is 12.4. The number of carbonyl (C=O) groups is 1. The highest BCUT2D eigenvalue weighted by atomic mass is 35.5. The van der Waals surface area contributed by atoms with Gasteiger partial charge in [-0.15, -0.1) is 12.4 Å². The summed E-state index contributed by atoms with van der Waals surface area (Å²) in [6.45, 7) is 5.47. The Kier molecular flexibility index (Phi) is 5.39. The Morgan fingerprint density at radius 3 is 2.47 bits per heavy atom. The van der Waals surface area contributed by atoms with Crippen molar-refractivity contribution in [1.29, 1.82) is 0 Å². The first-order valence-corrected chi connectivity index (χ1v) is 6.69. The van der Waals surface area contributed by atoms with Crippen LogP contribution in [0.15, 0.2) is 24.3 Å². The number of benzene rings is 1. The molecular weight excluding hydrogens is 260 g/mol. The lowest BCUT2D eigenvalue weighted by molar-refractivity contribution is -0.140. The molecule has 0 unspecified atom stereocenters. The number of nitrogens with zero attached hydrogens (tertiary/aromatic N) is 1. The smallest absolute Gasteiger partial charge is 0.242 e. The molecule has 1 amide bonds. The van der Waals surface area contributed by atoms with E-state index < -0.39 is 5.54 Å². The van der Waals surface area contributed by atoms with Crippen molar-refractivity contribution in [2.75, 3.05) is 6.54 Å². The van der Waals surface area contributed by atoms with Gasteiger partial charge in [0.05, 0.1) is 5.54 Å². The van der Waals surface area contributed by atoms with Crippen molar-refractivity contribution in [2.24, 2.45) is 5.73 Å². The predicted molar refractivity (Wildman–Crippen MR) is 80.3 cm³/mol. The fourth-order valence-corrected chi connectivity index (χ4v) is 2.41. The highest BCUT2D eigenvalue weighted by Crippen LogP contribution is 2.31. The van der Waals surface area contributed by atoms with Crippen molar-refractivity contribution in [1.82, 2.24) is 4.90 Å². The van der Waals surface area contributed by atoms with Gasteiger partial charge in [-0.3, -0.25) is 4.79 Å². The van der Waals surface area contributed by atoms with Crippen LogP contribution in [-0.4, -0.2) is 22.9 Å². The lowest BCUT2D eigenvalue weighted by atomic mass is 9.76. The number of hydrogen-bond acceptors (Lipinski definition) is 2. The first kappa shape index (κ1) is 16.0. The van der Waals surface area contributed by atoms with Gasteiger partial charge in [0.25, 0.3) is 0 Å². The highest BCUT2D eigenvalue weighted by Gasteiger charge is 2.42. The number of carbonyl (C=O) groups excluding carboxylic acids is 1. The molecule has 0 aromatic heterocycles. The van der Waals surface area contributed by atoms with Crippen LogP contribution in [0.4, 0.5) is 0 Å². The van der Waals surface area contributed by atoms with Crippen molar-refractivity contribution >= 4 is 18.3 Å². The van der Waals surface area contributed by atoms with E-state index in [-0.39, 0.29) is 18.3 Å². The zero-order valence-corrected chi connectivity index (χ0v) is 12.5. The third-order valence-electron chi connectivity index (χ3n) is 3.96. The van der Waals surface area contributed by atoms with E-state index in [0.29, 0.717) is 13.1 Å². The lowest BCUT2D eigenvalue weighted by Gasteiger charge is -2.40. The standard InChI is InChI=1S/C15H22N2O.ClH/c1-3-17(14(18)15(16)9-6-10-15)11-13-8-5-4-7-12(13)2;/h4-5,7-8H,3,6,9-11,16H2,1-2H3;1H. The van der Waals surface area contributed by atoms with Crippen molar-refractivity contribution in [3.8, 4) is 0 Å². The van der Waals surface area contributed by atoms with Gasteiger partial charge >= 0.3 is 0 Å². The monoisotopic (exact) mass is 282 g/mol. The number of rotatable bonds is 4. The Labute approximate surface area is 121 Å². The summed E-state index contributed by atoms with van der Waals surface area (Å²) in [6, 6.07) is 8.19. The van der Waals surface area contributed by atoms with Crippen LogP contribution in [0, 0.1) is 6.92 Å². The average Bonchev–Trinajstić information content (AvgIpc) is 2.34. The summed E-state index contributed by atoms with van der Waals surface area (Å²) in [6.07, 6.45) is 2.73. The maximum absolute atomic E-state index is 12.4. The molecule has 0 aliphatic heterocycles. The summed E-state index contributed by atoms with van der Waals surface area (Å²) >= 11 is 0. The number of hydrogen-bond donors (Lipinski definition) is 1. The van der Waals surface area contributed by atoms with E-state index in [1.807, 2.05) is 24.0 Å². The summed E-state index contributed by atoms with van der Waals surface area (Å²) in [5, 5.41) is 0. The minimum absolute atomic E-state index is 0. The Hall–Kier alpha value is -1.06. The molecule has 1 aliphatic rings. The first-order valence-electron chi connectivity index (χ1n) is 6.69. The highest BCUT2D eigenvalue weighted by molar-refractivity contribution is 5.87. The van der Waals surface area contributed by atoms with Gasteiger partial charge in [-0.25, -0.2) is 0 Å². The molecule has 1 fully saturated rings. The lowest BCUT2D eigenvalue weighted by Crippen LogP contribution is -2.59. The van der Waals surface area contributed by atoms with Crippen LogP contribution in [-0.2, 0) is 11.3 Å². The Morgan fingerprint density at radius 2 is 2.00 bits per heavy atom. The van der Waals surface area contributed by atoms with Gasteiger partial charge in [0, 0.05) is 13.1 Å². The molecule has 0 spiro atoms. The maximum Gasteiger partial charge on any atom is 0.242 e. The number of likely N-dealkylation sites (N-methyl/N-ethyl adjacent to an activating group) is 1. The summed E-state index contributed by atoms with van der Waals surface area (Å²) in [4.78, 5) is 14.3. The first-order chi connectivity index (χ1) is 8.57. The van der Waals surface area contributed by atoms with Gasteiger partial charge in [-0.2, -0.15) is 0 Å². The molecule has 0 bridgehead atoms. The zero-order valence-electron chi connectivity index (χ0n) is 11.7. The Bertz CT molecular complexity index is 444. The van der Waals surface area contributed by atoms with E-state index in [4.69, 9.17) is 5.73 Å².